The minimum absolute atomic E-state index is 0.857. The van der Waals surface area contributed by atoms with Crippen molar-refractivity contribution in [1.29, 1.82) is 0 Å². The Kier molecular flexibility index (Phi) is 34.4. The van der Waals surface area contributed by atoms with Gasteiger partial charge in [-0.3, -0.25) is 9.59 Å². The van der Waals surface area contributed by atoms with E-state index in [1.165, 1.54) is 0 Å². The number of carbonyl (C=O) groups excluding carboxylic acids is 2. The van der Waals surface area contributed by atoms with E-state index in [4.69, 9.17) is 80.5 Å². The van der Waals surface area contributed by atoms with Crippen molar-refractivity contribution < 1.29 is 258 Å². The maximum atomic E-state index is 13.6. The molecule has 684 valence electrons. The number of hydrogen-bond acceptors (Lipinski definition) is 50. The Morgan fingerprint density at radius 2 is 0.712 bits per heavy atom. The van der Waals surface area contributed by atoms with Gasteiger partial charge in [0, 0.05) is 26.7 Å². The maximum Gasteiger partial charge on any atom is 0.364 e. The fourth-order valence-electron chi connectivity index (χ4n) is 15.1. The first-order valence-corrected chi connectivity index (χ1v) is 36.9. The number of aliphatic hydroxyl groups excluding tert-OH is 28. The van der Waals surface area contributed by atoms with Gasteiger partial charge in [-0.05, 0) is 0 Å². The summed E-state index contributed by atoms with van der Waals surface area (Å²) in [6.45, 7) is -10.2. The average Bonchev–Trinajstić information content (AvgIpc) is 0.746. The predicted octanol–water partition coefficient (Wildman–Crippen LogP) is -21.9. The van der Waals surface area contributed by atoms with Gasteiger partial charge in [-0.2, -0.15) is 0 Å². The molecule has 2 amide bonds. The van der Waals surface area contributed by atoms with Crippen molar-refractivity contribution >= 4 is 23.8 Å². The summed E-state index contributed by atoms with van der Waals surface area (Å²) < 4.78 is 101. The van der Waals surface area contributed by atoms with E-state index in [1.54, 1.807) is 0 Å². The van der Waals surface area contributed by atoms with E-state index >= 15 is 0 Å². The molecule has 9 aliphatic rings. The smallest absolute Gasteiger partial charge is 0.364 e. The SMILES string of the molecule is CC(=O)N[C@H]1[C@H](O[C@H]2[C@@H](O)[C@@H](CO)O[C@@H](O[C@H]3[C@H](O[C@H]4O[C@H]([C@@H](O)CO)[C@@H](O)[C@H](O[C@H]5O[C@H](CO)[C@@H](O)[C@H](O)[C@H]5O)[C@@H]4O[C@H]4O[C@H](CO)[C@@H](O)[C@H](O)[C@H]4NC(C)=O)[C@H](O)[C@@H](O[C@H]4[C@@H]([C@H](O)CO)O[C@@](O)(C(=O)O)C[C@H]4O[C@]4(C(=O)O)C[C@@H](O)[C@@H](O)[C@@H]([C@H](O)CO)O4)O[C@@H]3[C@@H](O)CO)[C@@H]2O)O[C@H](CO)[C@@H](O[C@@H]2O[C@H](CO)[C@H](O)[C@H](O)[C@H]2O)[C@@H]1O. The first-order valence-electron chi connectivity index (χ1n) is 36.9. The van der Waals surface area contributed by atoms with Gasteiger partial charge < -0.3 is 249 Å². The molecule has 0 saturated carbocycles. The minimum Gasteiger partial charge on any atom is -0.477 e. The normalized spacial score (nSPS) is 48.2. The monoisotopic (exact) mass is 1730 g/mol. The number of carboxylic acids is 2. The molecule has 0 aromatic heterocycles. The van der Waals surface area contributed by atoms with Gasteiger partial charge in [-0.25, -0.2) is 9.59 Å². The number of rotatable bonds is 33. The highest BCUT2D eigenvalue weighted by atomic mass is 16.8. The zero-order valence-electron chi connectivity index (χ0n) is 62.2. The van der Waals surface area contributed by atoms with Crippen LogP contribution in [-0.4, -0.2) is 529 Å². The summed E-state index contributed by atoms with van der Waals surface area (Å²) >= 11 is 0. The molecular weight excluding hydrogens is 1630 g/mol. The number of carbonyl (C=O) groups is 4. The Hall–Kier alpha value is -3.96. The van der Waals surface area contributed by atoms with E-state index in [9.17, 15) is 177 Å². The van der Waals surface area contributed by atoms with Crippen LogP contribution in [0, 0.1) is 0 Å². The van der Waals surface area contributed by atoms with Crippen LogP contribution in [0.3, 0.4) is 0 Å². The molecule has 47 atom stereocenters. The van der Waals surface area contributed by atoms with Crippen LogP contribution in [0.25, 0.3) is 0 Å². The lowest BCUT2D eigenvalue weighted by molar-refractivity contribution is -0.424. The Labute approximate surface area is 664 Å². The van der Waals surface area contributed by atoms with Crippen LogP contribution in [0.15, 0.2) is 0 Å². The van der Waals surface area contributed by atoms with Gasteiger partial charge in [-0.15, -0.1) is 0 Å². The highest BCUT2D eigenvalue weighted by Crippen LogP contribution is 2.45. The Morgan fingerprint density at radius 3 is 1.20 bits per heavy atom. The number of nitrogens with one attached hydrogen (secondary N) is 2. The summed E-state index contributed by atoms with van der Waals surface area (Å²) in [6, 6.07) is -4.13. The lowest BCUT2D eigenvalue weighted by atomic mass is 9.89. The summed E-state index contributed by atoms with van der Waals surface area (Å²) in [5.41, 5.74) is 0. The van der Waals surface area contributed by atoms with Crippen molar-refractivity contribution in [3.8, 4) is 0 Å². The summed E-state index contributed by atoms with van der Waals surface area (Å²) in [7, 11) is 0. The molecular formula is C64H106N2O52. The molecule has 33 N–H and O–H groups in total. The second-order valence-corrected chi connectivity index (χ2v) is 29.5. The van der Waals surface area contributed by atoms with Gasteiger partial charge in [0.2, 0.25) is 11.8 Å². The van der Waals surface area contributed by atoms with Gasteiger partial charge >= 0.3 is 11.9 Å². The van der Waals surface area contributed by atoms with Gasteiger partial charge in [0.1, 0.15) is 220 Å². The molecule has 0 aromatic carbocycles. The number of carboxylic acid groups (broad SMARTS) is 2. The number of hydrogen-bond donors (Lipinski definition) is 33. The Bertz CT molecular complexity index is 3190. The van der Waals surface area contributed by atoms with Crippen LogP contribution in [0.5, 0.6) is 0 Å². The largest absolute Gasteiger partial charge is 0.477 e. The molecule has 9 saturated heterocycles. The zero-order chi connectivity index (χ0) is 87.5. The molecule has 9 rings (SSSR count). The number of ether oxygens (including phenoxy) is 17. The zero-order valence-corrected chi connectivity index (χ0v) is 62.2. The van der Waals surface area contributed by atoms with E-state index in [2.05, 4.69) is 10.6 Å². The molecule has 0 bridgehead atoms. The first-order chi connectivity index (χ1) is 55.6. The van der Waals surface area contributed by atoms with Crippen LogP contribution < -0.4 is 10.6 Å². The van der Waals surface area contributed by atoms with E-state index in [1.807, 2.05) is 0 Å². The third kappa shape index (κ3) is 20.6. The van der Waals surface area contributed by atoms with Gasteiger partial charge in [0.15, 0.2) is 44.0 Å². The predicted molar refractivity (Wildman–Crippen MR) is 355 cm³/mol. The quantitative estimate of drug-likeness (QED) is 0.0290. The average molecular weight is 1740 g/mol. The molecule has 0 aromatic rings. The summed E-state index contributed by atoms with van der Waals surface area (Å²) in [5.74, 6) is -14.1. The minimum atomic E-state index is -3.74. The third-order valence-electron chi connectivity index (χ3n) is 21.4. The van der Waals surface area contributed by atoms with Crippen molar-refractivity contribution in [2.24, 2.45) is 0 Å². The highest BCUT2D eigenvalue weighted by molar-refractivity contribution is 5.77. The lowest BCUT2D eigenvalue weighted by Crippen LogP contribution is -2.72. The summed E-state index contributed by atoms with van der Waals surface area (Å²) in [6.07, 6.45) is -107. The molecule has 9 aliphatic heterocycles. The van der Waals surface area contributed by atoms with E-state index in [-0.39, 0.29) is 0 Å². The molecule has 54 heteroatoms. The second kappa shape index (κ2) is 41.4. The fourth-order valence-corrected chi connectivity index (χ4v) is 15.1. The molecule has 9 heterocycles. The van der Waals surface area contributed by atoms with E-state index in [0.29, 0.717) is 0 Å². The van der Waals surface area contributed by atoms with Gasteiger partial charge in [-0.1, -0.05) is 0 Å². The third-order valence-corrected chi connectivity index (χ3v) is 21.4. The number of amides is 2. The van der Waals surface area contributed by atoms with Gasteiger partial charge in [0.05, 0.1) is 71.7 Å². The van der Waals surface area contributed by atoms with Crippen LogP contribution >= 0.6 is 0 Å². The summed E-state index contributed by atoms with van der Waals surface area (Å²) in [5, 5.41) is 350. The van der Waals surface area contributed by atoms with Crippen LogP contribution in [-0.2, 0) is 99.7 Å². The Morgan fingerprint density at radius 1 is 0.339 bits per heavy atom. The topological polar surface area (TPSA) is 876 Å². The lowest BCUT2D eigenvalue weighted by Gasteiger charge is -2.54. The number of aliphatic hydroxyl groups is 29. The highest BCUT2D eigenvalue weighted by Gasteiger charge is 2.66. The standard InChI is InChI=1S/C64H106N2O52/c1-14(76)65-27-34(88)30(84)22(9-71)102-54(27)115-53-50(112-57-39(93)37(91)32(86)24(11-73)104-57)40(94)43(17(79)5-67)107-60(53)113-51-42(96)59(110-48-21(4-63(101,61(97)98)117-46(48)20(82)8-70)116-64(62(99)100)3-16(78)29(83)44(118-64)18(80)6-68)108-45(19(81)7-69)52(51)114-58-41(95)49(33(87)25(12-74)105-58)111-55-28(66-15(2)77)35(89)47(26(13-75)106-55)109-56-38(92)36(90)31(85)23(10-72)103-56/h16-60,67-75,78-96,101H,3-13H2,1-2H3,(H,65,76)(H,66,77)(H,97,98)(H,99,100)/t16-,17+,18-,19+,20-,21-,22-,23-,24-,25-,26-,27-,28-,29-,30-,31+,32-,33+,34-,35-,36+,37+,38-,39-,40-,41-,42+,43-,44-,45-,46-,47-,48-,49+,50+,51-,52-,53+,54-,55+,56+,57-,58+,59-,60-,63-,64-/m1/s1. The van der Waals surface area contributed by atoms with Gasteiger partial charge in [0.25, 0.3) is 11.6 Å². The first kappa shape index (κ1) is 97.8. The fraction of sp³-hybridized carbons (Fsp3) is 0.938. The summed E-state index contributed by atoms with van der Waals surface area (Å²) in [4.78, 5) is 52.5. The molecule has 0 spiro atoms. The van der Waals surface area contributed by atoms with Crippen molar-refractivity contribution in [1.82, 2.24) is 10.6 Å². The molecule has 9 fully saturated rings. The second-order valence-electron chi connectivity index (χ2n) is 29.5. The van der Waals surface area contributed by atoms with E-state index < -0.39 is 383 Å². The van der Waals surface area contributed by atoms with Crippen LogP contribution in [0.4, 0.5) is 0 Å². The van der Waals surface area contributed by atoms with Crippen molar-refractivity contribution in [2.75, 3.05) is 59.5 Å². The van der Waals surface area contributed by atoms with Crippen LogP contribution in [0.1, 0.15) is 26.7 Å². The van der Waals surface area contributed by atoms with Crippen LogP contribution in [0.2, 0.25) is 0 Å². The molecule has 0 radical (unpaired) electrons. The molecule has 0 aliphatic carbocycles. The van der Waals surface area contributed by atoms with Crippen molar-refractivity contribution in [3.05, 3.63) is 0 Å². The molecule has 118 heavy (non-hydrogen) atoms. The van der Waals surface area contributed by atoms with Crippen molar-refractivity contribution in [3.63, 3.8) is 0 Å². The van der Waals surface area contributed by atoms with Crippen molar-refractivity contribution in [2.45, 2.75) is 314 Å². The molecule has 54 nitrogen and oxygen atoms in total. The van der Waals surface area contributed by atoms with E-state index in [0.717, 1.165) is 13.8 Å². The molecule has 0 unspecified atom stereocenters. The Balaban J connectivity index is 1.21. The maximum absolute atomic E-state index is 13.6. The number of aliphatic carboxylic acids is 2.